The van der Waals surface area contributed by atoms with Crippen LogP contribution in [0.1, 0.15) is 52.2 Å². The quantitative estimate of drug-likeness (QED) is 0.377. The van der Waals surface area contributed by atoms with Crippen molar-refractivity contribution in [3.05, 3.63) is 47.5 Å². The predicted molar refractivity (Wildman–Crippen MR) is 128 cm³/mol. The third-order valence-corrected chi connectivity index (χ3v) is 4.80. The van der Waals surface area contributed by atoms with Gasteiger partial charge in [-0.25, -0.2) is 0 Å². The van der Waals surface area contributed by atoms with Crippen molar-refractivity contribution >= 4 is 23.9 Å². The summed E-state index contributed by atoms with van der Waals surface area (Å²) in [6, 6.07) is 10.5. The van der Waals surface area contributed by atoms with Crippen molar-refractivity contribution < 1.29 is 38.1 Å². The van der Waals surface area contributed by atoms with Gasteiger partial charge in [-0.2, -0.15) is 0 Å². The largest absolute Gasteiger partial charge is 0.423 e. The van der Waals surface area contributed by atoms with Gasteiger partial charge in [-0.1, -0.05) is 12.1 Å². The van der Waals surface area contributed by atoms with E-state index < -0.39 is 23.9 Å². The molecule has 0 aromatic heterocycles. The first-order chi connectivity index (χ1) is 16.5. The van der Waals surface area contributed by atoms with Gasteiger partial charge < -0.3 is 24.3 Å². The van der Waals surface area contributed by atoms with Gasteiger partial charge in [0.05, 0.1) is 0 Å². The molecule has 0 saturated carbocycles. The number of esters is 4. The molecular weight excluding hydrogens is 454 g/mol. The molecule has 0 aliphatic heterocycles. The molecule has 35 heavy (non-hydrogen) atoms. The molecule has 1 atom stereocenters. The van der Waals surface area contributed by atoms with E-state index in [4.69, 9.17) is 18.9 Å². The van der Waals surface area contributed by atoms with Crippen LogP contribution in [0, 0.1) is 0 Å². The van der Waals surface area contributed by atoms with Gasteiger partial charge in [0.1, 0.15) is 0 Å². The van der Waals surface area contributed by atoms with Crippen molar-refractivity contribution in [2.45, 2.75) is 59.9 Å². The van der Waals surface area contributed by atoms with E-state index in [1.807, 2.05) is 12.1 Å². The molecule has 188 valence electrons. The Bertz CT molecular complexity index is 1080. The number of ether oxygens (including phenoxy) is 4. The minimum absolute atomic E-state index is 0.189. The fourth-order valence-corrected chi connectivity index (χ4v) is 3.31. The Morgan fingerprint density at radius 3 is 1.49 bits per heavy atom. The number of aryl methyl sites for hydroxylation is 1. The zero-order valence-electron chi connectivity index (χ0n) is 20.6. The van der Waals surface area contributed by atoms with E-state index in [2.05, 4.69) is 12.2 Å². The van der Waals surface area contributed by atoms with Crippen molar-refractivity contribution in [3.63, 3.8) is 0 Å². The molecule has 0 aliphatic carbocycles. The SMILES string of the molecule is CC(=O)Oc1ccc(CCNC(C)CCc2ccc(OC(C)=O)c(OC(C)=O)c2)cc1OC(C)=O. The second kappa shape index (κ2) is 13.2. The second-order valence-electron chi connectivity index (χ2n) is 8.08. The molecule has 0 amide bonds. The molecule has 2 aromatic carbocycles. The Morgan fingerprint density at radius 2 is 1.06 bits per heavy atom. The van der Waals surface area contributed by atoms with E-state index >= 15 is 0 Å². The van der Waals surface area contributed by atoms with Crippen LogP contribution in [0.5, 0.6) is 23.0 Å². The lowest BCUT2D eigenvalue weighted by atomic mass is 10.0. The summed E-state index contributed by atoms with van der Waals surface area (Å²) in [7, 11) is 0. The number of nitrogens with one attached hydrogen (secondary N) is 1. The van der Waals surface area contributed by atoms with E-state index in [-0.39, 0.29) is 29.0 Å². The Labute approximate surface area is 204 Å². The molecule has 2 rings (SSSR count). The van der Waals surface area contributed by atoms with Crippen LogP contribution in [0.25, 0.3) is 0 Å². The van der Waals surface area contributed by atoms with E-state index in [0.717, 1.165) is 24.0 Å². The fourth-order valence-electron chi connectivity index (χ4n) is 3.31. The molecule has 0 bridgehead atoms. The molecule has 0 radical (unpaired) electrons. The molecule has 0 aliphatic rings. The van der Waals surface area contributed by atoms with Gasteiger partial charge >= 0.3 is 23.9 Å². The van der Waals surface area contributed by atoms with E-state index in [9.17, 15) is 19.2 Å². The van der Waals surface area contributed by atoms with Crippen LogP contribution >= 0.6 is 0 Å². The highest BCUT2D eigenvalue weighted by Gasteiger charge is 2.13. The zero-order valence-corrected chi connectivity index (χ0v) is 20.6. The van der Waals surface area contributed by atoms with Gasteiger partial charge in [0.2, 0.25) is 0 Å². The van der Waals surface area contributed by atoms with Crippen molar-refractivity contribution in [1.82, 2.24) is 5.32 Å². The number of carbonyl (C=O) groups excluding carboxylic acids is 4. The summed E-state index contributed by atoms with van der Waals surface area (Å²) in [6.45, 7) is 7.88. The van der Waals surface area contributed by atoms with Crippen LogP contribution in [0.4, 0.5) is 0 Å². The number of hydrogen-bond acceptors (Lipinski definition) is 9. The van der Waals surface area contributed by atoms with Crippen LogP contribution in [0.15, 0.2) is 36.4 Å². The molecule has 0 heterocycles. The molecule has 1 unspecified atom stereocenters. The highest BCUT2D eigenvalue weighted by molar-refractivity contribution is 5.74. The summed E-state index contributed by atoms with van der Waals surface area (Å²) in [5, 5.41) is 3.44. The Morgan fingerprint density at radius 1 is 0.657 bits per heavy atom. The van der Waals surface area contributed by atoms with Gasteiger partial charge in [0.25, 0.3) is 0 Å². The number of hydrogen-bond donors (Lipinski definition) is 1. The first-order valence-electron chi connectivity index (χ1n) is 11.3. The lowest BCUT2D eigenvalue weighted by Gasteiger charge is -2.15. The summed E-state index contributed by atoms with van der Waals surface area (Å²) in [4.78, 5) is 45.3. The Hall–Kier alpha value is -3.72. The lowest BCUT2D eigenvalue weighted by molar-refractivity contribution is -0.134. The van der Waals surface area contributed by atoms with Gasteiger partial charge in [-0.3, -0.25) is 19.2 Å². The maximum Gasteiger partial charge on any atom is 0.308 e. The summed E-state index contributed by atoms with van der Waals surface area (Å²) >= 11 is 0. The highest BCUT2D eigenvalue weighted by atomic mass is 16.6. The summed E-state index contributed by atoms with van der Waals surface area (Å²) in [5.74, 6) is -1.16. The number of carbonyl (C=O) groups is 4. The number of benzene rings is 2. The smallest absolute Gasteiger partial charge is 0.308 e. The first-order valence-corrected chi connectivity index (χ1v) is 11.3. The van der Waals surface area contributed by atoms with Crippen LogP contribution in [0.3, 0.4) is 0 Å². The molecule has 0 saturated heterocycles. The minimum Gasteiger partial charge on any atom is -0.423 e. The van der Waals surface area contributed by atoms with Crippen LogP contribution in [-0.2, 0) is 32.0 Å². The number of rotatable bonds is 11. The Kier molecular flexibility index (Phi) is 10.4. The van der Waals surface area contributed by atoms with Gasteiger partial charge in [-0.05, 0) is 68.1 Å². The maximum absolute atomic E-state index is 11.4. The fraction of sp³-hybridized carbons (Fsp3) is 0.385. The van der Waals surface area contributed by atoms with Crippen molar-refractivity contribution in [3.8, 4) is 23.0 Å². The molecule has 9 nitrogen and oxygen atoms in total. The van der Waals surface area contributed by atoms with Crippen LogP contribution < -0.4 is 24.3 Å². The average molecular weight is 486 g/mol. The molecule has 1 N–H and O–H groups in total. The third-order valence-electron chi connectivity index (χ3n) is 4.80. The predicted octanol–water partition coefficient (Wildman–Crippen LogP) is 3.54. The highest BCUT2D eigenvalue weighted by Crippen LogP contribution is 2.30. The summed E-state index contributed by atoms with van der Waals surface area (Å²) in [6.07, 6.45) is 2.21. The van der Waals surface area contributed by atoms with Crippen LogP contribution in [0.2, 0.25) is 0 Å². The van der Waals surface area contributed by atoms with Crippen LogP contribution in [-0.4, -0.2) is 36.5 Å². The molecular formula is C26H31NO8. The minimum atomic E-state index is -0.500. The standard InChI is InChI=1S/C26H31NO8/c1-16(6-7-21-8-10-23(32-17(2)28)25(14-21)34-19(4)30)27-13-12-22-9-11-24(33-18(3)29)26(15-22)35-20(5)31/h8-11,14-16,27H,6-7,12-13H2,1-5H3. The first kappa shape index (κ1) is 27.5. The second-order valence-corrected chi connectivity index (χ2v) is 8.08. The third kappa shape index (κ3) is 9.97. The van der Waals surface area contributed by atoms with E-state index in [1.54, 1.807) is 24.3 Å². The average Bonchev–Trinajstić information content (AvgIpc) is 2.74. The topological polar surface area (TPSA) is 117 Å². The molecule has 2 aromatic rings. The molecule has 0 spiro atoms. The Balaban J connectivity index is 1.92. The summed E-state index contributed by atoms with van der Waals surface area (Å²) < 4.78 is 20.5. The van der Waals surface area contributed by atoms with E-state index in [1.165, 1.54) is 27.7 Å². The van der Waals surface area contributed by atoms with Crippen molar-refractivity contribution in [2.24, 2.45) is 0 Å². The van der Waals surface area contributed by atoms with Crippen molar-refractivity contribution in [1.29, 1.82) is 0 Å². The van der Waals surface area contributed by atoms with E-state index in [0.29, 0.717) is 13.0 Å². The summed E-state index contributed by atoms with van der Waals surface area (Å²) in [5.41, 5.74) is 1.86. The molecule has 9 heteroatoms. The van der Waals surface area contributed by atoms with Gasteiger partial charge in [0.15, 0.2) is 23.0 Å². The molecule has 0 fully saturated rings. The maximum atomic E-state index is 11.4. The zero-order chi connectivity index (χ0) is 26.0. The monoisotopic (exact) mass is 485 g/mol. The lowest BCUT2D eigenvalue weighted by Crippen LogP contribution is -2.28. The normalized spacial score (nSPS) is 11.3. The van der Waals surface area contributed by atoms with Gasteiger partial charge in [0, 0.05) is 33.7 Å². The van der Waals surface area contributed by atoms with Gasteiger partial charge in [-0.15, -0.1) is 0 Å². The van der Waals surface area contributed by atoms with Crippen molar-refractivity contribution in [2.75, 3.05) is 6.54 Å².